The first-order valence-electron chi connectivity index (χ1n) is 8.91. The van der Waals surface area contributed by atoms with Crippen LogP contribution >= 0.6 is 0 Å². The lowest BCUT2D eigenvalue weighted by Crippen LogP contribution is -2.24. The quantitative estimate of drug-likeness (QED) is 0.586. The minimum atomic E-state index is -1.23. The Bertz CT molecular complexity index is 1170. The van der Waals surface area contributed by atoms with Crippen molar-refractivity contribution >= 4 is 10.8 Å². The molecule has 0 saturated carbocycles. The van der Waals surface area contributed by atoms with E-state index in [0.717, 1.165) is 21.9 Å². The molecule has 2 unspecified atom stereocenters. The lowest BCUT2D eigenvalue weighted by Gasteiger charge is -2.24. The van der Waals surface area contributed by atoms with Crippen molar-refractivity contribution in [3.05, 3.63) is 95.6 Å². The molecule has 2 aromatic heterocycles. The molecule has 5 heteroatoms. The molecule has 0 amide bonds. The molecule has 27 heavy (non-hydrogen) atoms. The summed E-state index contributed by atoms with van der Waals surface area (Å²) in [5.74, 6) is -0.256. The van der Waals surface area contributed by atoms with E-state index in [1.807, 2.05) is 41.8 Å². The van der Waals surface area contributed by atoms with Crippen LogP contribution in [0.2, 0.25) is 0 Å². The van der Waals surface area contributed by atoms with Gasteiger partial charge in [0.2, 0.25) is 0 Å². The maximum absolute atomic E-state index is 14.6. The Morgan fingerprint density at radius 2 is 1.96 bits per heavy atom. The first-order valence-corrected chi connectivity index (χ1v) is 8.91. The van der Waals surface area contributed by atoms with Crippen molar-refractivity contribution in [2.75, 3.05) is 0 Å². The van der Waals surface area contributed by atoms with Crippen LogP contribution in [0.1, 0.15) is 34.8 Å². The lowest BCUT2D eigenvalue weighted by molar-refractivity contribution is 0.0794. The highest BCUT2D eigenvalue weighted by atomic mass is 19.1. The summed E-state index contributed by atoms with van der Waals surface area (Å²) in [6, 6.07) is 12.7. The fourth-order valence-electron chi connectivity index (χ4n) is 4.12. The summed E-state index contributed by atoms with van der Waals surface area (Å²) in [6.45, 7) is 1.87. The average Bonchev–Trinajstić information content (AvgIpc) is 3.25. The third kappa shape index (κ3) is 2.39. The summed E-state index contributed by atoms with van der Waals surface area (Å²) >= 11 is 0. The van der Waals surface area contributed by atoms with E-state index >= 15 is 0 Å². The van der Waals surface area contributed by atoms with Gasteiger partial charge in [0.15, 0.2) is 0 Å². The number of hydrogen-bond acceptors (Lipinski definition) is 3. The summed E-state index contributed by atoms with van der Waals surface area (Å²) < 4.78 is 16.5. The minimum Gasteiger partial charge on any atom is -0.379 e. The van der Waals surface area contributed by atoms with E-state index in [1.54, 1.807) is 31.0 Å². The average molecular weight is 359 g/mol. The number of aryl methyl sites for hydroxylation is 1. The van der Waals surface area contributed by atoms with E-state index in [9.17, 15) is 9.50 Å². The molecule has 1 N–H and O–H groups in total. The molecule has 2 aromatic carbocycles. The molecular formula is C22H18FN3O. The zero-order valence-electron chi connectivity index (χ0n) is 14.8. The summed E-state index contributed by atoms with van der Waals surface area (Å²) in [6.07, 6.45) is 7.23. The van der Waals surface area contributed by atoms with Gasteiger partial charge in [0.25, 0.3) is 0 Å². The first-order chi connectivity index (χ1) is 13.1. The highest BCUT2D eigenvalue weighted by Crippen LogP contribution is 2.47. The minimum absolute atomic E-state index is 0.256. The molecule has 1 aliphatic heterocycles. The fraction of sp³-hybridized carbons (Fsp3) is 0.182. The van der Waals surface area contributed by atoms with E-state index in [4.69, 9.17) is 0 Å². The highest BCUT2D eigenvalue weighted by molar-refractivity contribution is 5.82. The second kappa shape index (κ2) is 5.72. The summed E-state index contributed by atoms with van der Waals surface area (Å²) in [4.78, 5) is 8.36. The van der Waals surface area contributed by atoms with Gasteiger partial charge in [0.1, 0.15) is 11.4 Å². The third-order valence-electron chi connectivity index (χ3n) is 5.55. The molecule has 4 nitrogen and oxygen atoms in total. The number of pyridine rings is 1. The highest BCUT2D eigenvalue weighted by Gasteiger charge is 2.45. The zero-order valence-corrected chi connectivity index (χ0v) is 14.8. The van der Waals surface area contributed by atoms with Crippen LogP contribution in [0, 0.1) is 12.7 Å². The fourth-order valence-corrected chi connectivity index (χ4v) is 4.12. The second-order valence-corrected chi connectivity index (χ2v) is 7.23. The number of aliphatic hydroxyl groups is 1. The Balaban J connectivity index is 1.65. The van der Waals surface area contributed by atoms with Crippen LogP contribution in [0.4, 0.5) is 4.39 Å². The van der Waals surface area contributed by atoms with E-state index in [-0.39, 0.29) is 11.9 Å². The lowest BCUT2D eigenvalue weighted by atomic mass is 9.85. The molecular weight excluding hydrogens is 341 g/mol. The number of benzene rings is 2. The van der Waals surface area contributed by atoms with Crippen molar-refractivity contribution in [2.45, 2.75) is 25.0 Å². The largest absolute Gasteiger partial charge is 0.379 e. The molecule has 134 valence electrons. The standard InChI is InChI=1S/C22H18FN3O/c1-14-2-5-18(19(23)8-14)20-10-22(27,21-12-25-13-26(20)21)17-4-3-16-11-24-7-6-15(16)9-17/h2-9,11-13,20,27H,10H2,1H3. The Hall–Kier alpha value is -3.05. The van der Waals surface area contributed by atoms with Crippen molar-refractivity contribution in [1.82, 2.24) is 14.5 Å². The SMILES string of the molecule is Cc1ccc(C2CC(O)(c3ccc4cnccc4c3)c3cncn32)c(F)c1. The molecule has 5 rings (SSSR count). The Labute approximate surface area is 155 Å². The van der Waals surface area contributed by atoms with Crippen LogP contribution in [0.3, 0.4) is 0 Å². The smallest absolute Gasteiger partial charge is 0.133 e. The maximum atomic E-state index is 14.6. The van der Waals surface area contributed by atoms with Gasteiger partial charge in [-0.2, -0.15) is 0 Å². The van der Waals surface area contributed by atoms with Gasteiger partial charge in [0.05, 0.1) is 24.3 Å². The summed E-state index contributed by atoms with van der Waals surface area (Å²) in [7, 11) is 0. The van der Waals surface area contributed by atoms with Gasteiger partial charge in [0, 0.05) is 29.8 Å². The molecule has 0 aliphatic carbocycles. The van der Waals surface area contributed by atoms with Gasteiger partial charge in [-0.25, -0.2) is 9.37 Å². The van der Waals surface area contributed by atoms with Crippen molar-refractivity contribution in [2.24, 2.45) is 0 Å². The van der Waals surface area contributed by atoms with Crippen LogP contribution in [0.5, 0.6) is 0 Å². The normalized spacial score (nSPS) is 21.5. The molecule has 0 saturated heterocycles. The molecule has 1 aliphatic rings. The predicted octanol–water partition coefficient (Wildman–Crippen LogP) is 4.11. The number of nitrogens with zero attached hydrogens (tertiary/aromatic N) is 3. The van der Waals surface area contributed by atoms with Gasteiger partial charge in [-0.15, -0.1) is 0 Å². The van der Waals surface area contributed by atoms with E-state index in [0.29, 0.717) is 17.7 Å². The molecule has 0 fully saturated rings. The molecule has 0 spiro atoms. The van der Waals surface area contributed by atoms with Gasteiger partial charge in [-0.05, 0) is 41.6 Å². The van der Waals surface area contributed by atoms with Crippen molar-refractivity contribution in [3.8, 4) is 0 Å². The van der Waals surface area contributed by atoms with Crippen molar-refractivity contribution < 1.29 is 9.50 Å². The summed E-state index contributed by atoms with van der Waals surface area (Å²) in [5.41, 5.74) is 1.67. The number of aromatic nitrogens is 3. The van der Waals surface area contributed by atoms with Crippen molar-refractivity contribution in [1.29, 1.82) is 0 Å². The third-order valence-corrected chi connectivity index (χ3v) is 5.55. The van der Waals surface area contributed by atoms with Gasteiger partial charge >= 0.3 is 0 Å². The molecule has 0 radical (unpaired) electrons. The number of fused-ring (bicyclic) bond motifs is 2. The maximum Gasteiger partial charge on any atom is 0.133 e. The molecule has 4 aromatic rings. The zero-order chi connectivity index (χ0) is 18.6. The molecule has 2 atom stereocenters. The van der Waals surface area contributed by atoms with Gasteiger partial charge in [-0.1, -0.05) is 24.3 Å². The van der Waals surface area contributed by atoms with Crippen LogP contribution in [-0.4, -0.2) is 19.6 Å². The van der Waals surface area contributed by atoms with Crippen LogP contribution in [0.15, 0.2) is 67.4 Å². The van der Waals surface area contributed by atoms with Crippen molar-refractivity contribution in [3.63, 3.8) is 0 Å². The number of halogens is 1. The number of hydrogen-bond donors (Lipinski definition) is 1. The van der Waals surface area contributed by atoms with Gasteiger partial charge < -0.3 is 9.67 Å². The van der Waals surface area contributed by atoms with Crippen LogP contribution in [-0.2, 0) is 5.60 Å². The number of rotatable bonds is 2. The van der Waals surface area contributed by atoms with Crippen LogP contribution < -0.4 is 0 Å². The van der Waals surface area contributed by atoms with Crippen LogP contribution in [0.25, 0.3) is 10.8 Å². The summed E-state index contributed by atoms with van der Waals surface area (Å²) in [5, 5.41) is 13.7. The Kier molecular flexibility index (Phi) is 3.42. The topological polar surface area (TPSA) is 50.9 Å². The van der Waals surface area contributed by atoms with E-state index in [2.05, 4.69) is 9.97 Å². The number of imidazole rings is 1. The van der Waals surface area contributed by atoms with E-state index < -0.39 is 5.60 Å². The predicted molar refractivity (Wildman–Crippen MR) is 101 cm³/mol. The first kappa shape index (κ1) is 16.1. The van der Waals surface area contributed by atoms with Gasteiger partial charge in [-0.3, -0.25) is 4.98 Å². The van der Waals surface area contributed by atoms with E-state index in [1.165, 1.54) is 6.07 Å². The Morgan fingerprint density at radius 1 is 1.07 bits per heavy atom. The Morgan fingerprint density at radius 3 is 2.81 bits per heavy atom. The monoisotopic (exact) mass is 359 g/mol. The molecule has 3 heterocycles. The second-order valence-electron chi connectivity index (χ2n) is 7.23. The molecule has 0 bridgehead atoms.